The normalized spacial score (nSPS) is 23.5. The second-order valence-corrected chi connectivity index (χ2v) is 3.70. The van der Waals surface area contributed by atoms with Crippen LogP contribution in [0.1, 0.15) is 12.0 Å². The van der Waals surface area contributed by atoms with E-state index in [1.807, 2.05) is 30.3 Å². The molecule has 0 bridgehead atoms. The number of carbonyl (C=O) groups excluding carboxylic acids is 1. The highest BCUT2D eigenvalue weighted by Gasteiger charge is 2.45. The fourth-order valence-corrected chi connectivity index (χ4v) is 1.53. The Labute approximate surface area is 89.0 Å². The summed E-state index contributed by atoms with van der Waals surface area (Å²) in [7, 11) is 1.41. The lowest BCUT2D eigenvalue weighted by Crippen LogP contribution is -2.08. The van der Waals surface area contributed by atoms with E-state index < -0.39 is 0 Å². The molecular weight excluding hydrogens is 192 g/mol. The van der Waals surface area contributed by atoms with E-state index in [9.17, 15) is 4.79 Å². The minimum Gasteiger partial charge on any atom is -0.469 e. The predicted molar refractivity (Wildman–Crippen MR) is 55.1 cm³/mol. The van der Waals surface area contributed by atoms with Crippen molar-refractivity contribution in [3.63, 3.8) is 0 Å². The van der Waals surface area contributed by atoms with Gasteiger partial charge in [0.25, 0.3) is 0 Å². The Morgan fingerprint density at radius 1 is 1.40 bits per heavy atom. The van der Waals surface area contributed by atoms with Gasteiger partial charge in [0.1, 0.15) is 0 Å². The summed E-state index contributed by atoms with van der Waals surface area (Å²) in [6, 6.07) is 9.94. The van der Waals surface area contributed by atoms with Crippen LogP contribution in [-0.4, -0.2) is 19.2 Å². The first-order valence-electron chi connectivity index (χ1n) is 5.04. The quantitative estimate of drug-likeness (QED) is 0.704. The van der Waals surface area contributed by atoms with Crippen molar-refractivity contribution >= 4 is 5.97 Å². The molecular formula is C12H14O3. The topological polar surface area (TPSA) is 35.5 Å². The van der Waals surface area contributed by atoms with Crippen LogP contribution in [-0.2, 0) is 20.9 Å². The van der Waals surface area contributed by atoms with Gasteiger partial charge in [-0.2, -0.15) is 0 Å². The van der Waals surface area contributed by atoms with Crippen LogP contribution in [0, 0.1) is 5.92 Å². The fourth-order valence-electron chi connectivity index (χ4n) is 1.53. The van der Waals surface area contributed by atoms with E-state index >= 15 is 0 Å². The van der Waals surface area contributed by atoms with Crippen LogP contribution >= 0.6 is 0 Å². The second kappa shape index (κ2) is 4.45. The largest absolute Gasteiger partial charge is 0.469 e. The van der Waals surface area contributed by atoms with Crippen molar-refractivity contribution in [1.82, 2.24) is 0 Å². The number of hydrogen-bond acceptors (Lipinski definition) is 3. The van der Waals surface area contributed by atoms with Crippen LogP contribution < -0.4 is 0 Å². The summed E-state index contributed by atoms with van der Waals surface area (Å²) in [5.41, 5.74) is 1.13. The Balaban J connectivity index is 1.75. The molecule has 1 fully saturated rings. The van der Waals surface area contributed by atoms with E-state index in [1.54, 1.807) is 0 Å². The smallest absolute Gasteiger partial charge is 0.311 e. The van der Waals surface area contributed by atoms with E-state index in [4.69, 9.17) is 4.74 Å². The van der Waals surface area contributed by atoms with Gasteiger partial charge in [0.05, 0.1) is 25.7 Å². The Morgan fingerprint density at radius 3 is 2.80 bits per heavy atom. The van der Waals surface area contributed by atoms with Crippen molar-refractivity contribution in [1.29, 1.82) is 0 Å². The molecule has 2 rings (SSSR count). The van der Waals surface area contributed by atoms with E-state index in [0.717, 1.165) is 12.0 Å². The Bertz CT molecular complexity index is 334. The van der Waals surface area contributed by atoms with Gasteiger partial charge in [0, 0.05) is 0 Å². The summed E-state index contributed by atoms with van der Waals surface area (Å²) in [5.74, 6) is -0.202. The van der Waals surface area contributed by atoms with Gasteiger partial charge in [-0.05, 0) is 12.0 Å². The van der Waals surface area contributed by atoms with Gasteiger partial charge < -0.3 is 9.47 Å². The Kier molecular flexibility index (Phi) is 3.02. The van der Waals surface area contributed by atoms with E-state index in [0.29, 0.717) is 6.61 Å². The molecule has 3 heteroatoms. The van der Waals surface area contributed by atoms with Crippen molar-refractivity contribution in [3.05, 3.63) is 35.9 Å². The number of ether oxygens (including phenoxy) is 2. The third-order valence-corrected chi connectivity index (χ3v) is 2.54. The molecule has 0 radical (unpaired) electrons. The first kappa shape index (κ1) is 10.2. The molecule has 2 atom stereocenters. The Hall–Kier alpha value is -1.35. The number of benzene rings is 1. The van der Waals surface area contributed by atoms with Crippen LogP contribution in [0.25, 0.3) is 0 Å². The number of carbonyl (C=O) groups is 1. The highest BCUT2D eigenvalue weighted by molar-refractivity contribution is 5.76. The zero-order valence-electron chi connectivity index (χ0n) is 8.68. The molecule has 1 aromatic carbocycles. The summed E-state index contributed by atoms with van der Waals surface area (Å²) < 4.78 is 10.2. The minimum atomic E-state index is -0.159. The molecule has 0 amide bonds. The number of methoxy groups -OCH3 is 1. The first-order chi connectivity index (χ1) is 7.31. The molecule has 0 N–H and O–H groups in total. The highest BCUT2D eigenvalue weighted by atomic mass is 16.5. The van der Waals surface area contributed by atoms with Crippen LogP contribution in [0.2, 0.25) is 0 Å². The molecule has 80 valence electrons. The van der Waals surface area contributed by atoms with Gasteiger partial charge in [-0.3, -0.25) is 4.79 Å². The summed E-state index contributed by atoms with van der Waals surface area (Å²) in [6.07, 6.45) is 0.845. The summed E-state index contributed by atoms with van der Waals surface area (Å²) in [5, 5.41) is 0. The van der Waals surface area contributed by atoms with Crippen LogP contribution in [0.15, 0.2) is 30.3 Å². The van der Waals surface area contributed by atoms with Crippen molar-refractivity contribution in [2.45, 2.75) is 19.1 Å². The third kappa shape index (κ3) is 2.57. The average molecular weight is 206 g/mol. The van der Waals surface area contributed by atoms with Gasteiger partial charge in [0.2, 0.25) is 0 Å². The maximum Gasteiger partial charge on any atom is 0.311 e. The first-order valence-corrected chi connectivity index (χ1v) is 5.04. The van der Waals surface area contributed by atoms with Gasteiger partial charge in [0.15, 0.2) is 0 Å². The van der Waals surface area contributed by atoms with Crippen LogP contribution in [0.5, 0.6) is 0 Å². The zero-order valence-corrected chi connectivity index (χ0v) is 8.68. The minimum absolute atomic E-state index is 0.0429. The molecule has 0 spiro atoms. The number of rotatable bonds is 4. The predicted octanol–water partition coefficient (Wildman–Crippen LogP) is 1.76. The highest BCUT2D eigenvalue weighted by Crippen LogP contribution is 2.35. The lowest BCUT2D eigenvalue weighted by atomic mass is 10.2. The van der Waals surface area contributed by atoms with Crippen LogP contribution in [0.4, 0.5) is 0 Å². The average Bonchev–Trinajstić information content (AvgIpc) is 3.06. The monoisotopic (exact) mass is 206 g/mol. The van der Waals surface area contributed by atoms with Gasteiger partial charge >= 0.3 is 5.97 Å². The fraction of sp³-hybridized carbons (Fsp3) is 0.417. The van der Waals surface area contributed by atoms with Crippen molar-refractivity contribution in [3.8, 4) is 0 Å². The molecule has 0 aromatic heterocycles. The summed E-state index contributed by atoms with van der Waals surface area (Å²) in [4.78, 5) is 11.1. The standard InChI is InChI=1S/C12H14O3/c1-14-12(13)10-7-11(10)15-8-9-5-3-2-4-6-9/h2-6,10-11H,7-8H2,1H3. The van der Waals surface area contributed by atoms with Gasteiger partial charge in [-0.1, -0.05) is 30.3 Å². The lowest BCUT2D eigenvalue weighted by molar-refractivity contribution is -0.143. The third-order valence-electron chi connectivity index (χ3n) is 2.54. The molecule has 15 heavy (non-hydrogen) atoms. The van der Waals surface area contributed by atoms with Gasteiger partial charge in [-0.25, -0.2) is 0 Å². The van der Waals surface area contributed by atoms with E-state index in [-0.39, 0.29) is 18.0 Å². The van der Waals surface area contributed by atoms with Gasteiger partial charge in [-0.15, -0.1) is 0 Å². The summed E-state index contributed by atoms with van der Waals surface area (Å²) >= 11 is 0. The zero-order chi connectivity index (χ0) is 10.7. The van der Waals surface area contributed by atoms with Crippen LogP contribution in [0.3, 0.4) is 0 Å². The van der Waals surface area contributed by atoms with Crippen molar-refractivity contribution < 1.29 is 14.3 Å². The molecule has 0 heterocycles. The maximum absolute atomic E-state index is 11.1. The molecule has 1 aliphatic rings. The second-order valence-electron chi connectivity index (χ2n) is 3.70. The molecule has 1 aromatic rings. The molecule has 0 aliphatic heterocycles. The van der Waals surface area contributed by atoms with E-state index in [2.05, 4.69) is 4.74 Å². The van der Waals surface area contributed by atoms with E-state index in [1.165, 1.54) is 7.11 Å². The molecule has 1 aliphatic carbocycles. The molecule has 2 unspecified atom stereocenters. The molecule has 3 nitrogen and oxygen atoms in total. The van der Waals surface area contributed by atoms with Crippen molar-refractivity contribution in [2.24, 2.45) is 5.92 Å². The summed E-state index contributed by atoms with van der Waals surface area (Å²) in [6.45, 7) is 0.568. The molecule has 0 saturated heterocycles. The number of hydrogen-bond donors (Lipinski definition) is 0. The number of esters is 1. The van der Waals surface area contributed by atoms with Crippen molar-refractivity contribution in [2.75, 3.05) is 7.11 Å². The molecule has 1 saturated carbocycles. The maximum atomic E-state index is 11.1. The Morgan fingerprint density at radius 2 is 2.13 bits per heavy atom. The lowest BCUT2D eigenvalue weighted by Gasteiger charge is -2.02. The SMILES string of the molecule is COC(=O)C1CC1OCc1ccccc1.